The molecule has 4 amide bonds. The van der Waals surface area contributed by atoms with Gasteiger partial charge in [0.15, 0.2) is 0 Å². The fourth-order valence-corrected chi connectivity index (χ4v) is 14.8. The van der Waals surface area contributed by atoms with Gasteiger partial charge in [-0.2, -0.15) is 0 Å². The highest BCUT2D eigenvalue weighted by Crippen LogP contribution is 2.58. The molecule has 12 heteroatoms. The van der Waals surface area contributed by atoms with Crippen LogP contribution in [0.1, 0.15) is 118 Å². The SMILES string of the molecule is O=C(Nc1ccc(CN(Cc2ccc(NC(=O)[C@@H]3C[C@@H]4CCC56CCCCN5[C@H](c5ccccc5)C(=O)N3[C@H]46)cc2)c2ccc(F)cc2)cc1)[C@@H]1C[C@@H]2CCC[C@@H]2N1C(=O)[C@@H](c1ccccc1)N1CCCCC1. The van der Waals surface area contributed by atoms with Gasteiger partial charge in [0.2, 0.25) is 23.6 Å². The number of hydrogen-bond acceptors (Lipinski definition) is 7. The molecule has 2 N–H and O–H groups in total. The monoisotopic (exact) mass is 982 g/mol. The van der Waals surface area contributed by atoms with Gasteiger partial charge >= 0.3 is 0 Å². The van der Waals surface area contributed by atoms with Crippen LogP contribution in [0.5, 0.6) is 0 Å². The topological polar surface area (TPSA) is 109 Å². The van der Waals surface area contributed by atoms with Gasteiger partial charge in [-0.05, 0) is 166 Å². The lowest BCUT2D eigenvalue weighted by Gasteiger charge is -2.58. The number of nitrogens with zero attached hydrogens (tertiary/aromatic N) is 5. The average Bonchev–Trinajstić information content (AvgIpc) is 4.22. The summed E-state index contributed by atoms with van der Waals surface area (Å²) in [6.07, 6.45) is 13.1. The molecule has 0 radical (unpaired) electrons. The number of carbonyl (C=O) groups excluding carboxylic acids is 4. The molecular formula is C61H68FN7O4. The van der Waals surface area contributed by atoms with E-state index in [0.29, 0.717) is 49.1 Å². The molecule has 12 rings (SSSR count). The molecule has 7 aliphatic rings. The summed E-state index contributed by atoms with van der Waals surface area (Å²) >= 11 is 0. The van der Waals surface area contributed by atoms with Crippen molar-refractivity contribution in [1.29, 1.82) is 0 Å². The van der Waals surface area contributed by atoms with Gasteiger partial charge < -0.3 is 25.3 Å². The number of carbonyl (C=O) groups is 4. The van der Waals surface area contributed by atoms with E-state index >= 15 is 0 Å². The van der Waals surface area contributed by atoms with Gasteiger partial charge in [0.25, 0.3) is 0 Å². The van der Waals surface area contributed by atoms with Crippen molar-refractivity contribution in [3.05, 3.63) is 162 Å². The predicted molar refractivity (Wildman–Crippen MR) is 282 cm³/mol. The summed E-state index contributed by atoms with van der Waals surface area (Å²) in [7, 11) is 0. The molecule has 2 saturated carbocycles. The van der Waals surface area contributed by atoms with Crippen LogP contribution < -0.4 is 15.5 Å². The molecule has 1 unspecified atom stereocenters. The maximum atomic E-state index is 14.9. The third kappa shape index (κ3) is 9.02. The third-order valence-corrected chi connectivity index (χ3v) is 18.0. The van der Waals surface area contributed by atoms with Crippen LogP contribution in [0.25, 0.3) is 0 Å². The van der Waals surface area contributed by atoms with Gasteiger partial charge in [-0.25, -0.2) is 4.39 Å². The molecule has 5 saturated heterocycles. The first-order valence-electron chi connectivity index (χ1n) is 27.3. The van der Waals surface area contributed by atoms with Gasteiger partial charge in [0.1, 0.15) is 30.0 Å². The predicted octanol–water partition coefficient (Wildman–Crippen LogP) is 10.3. The molecule has 9 atom stereocenters. The first-order chi connectivity index (χ1) is 35.7. The minimum absolute atomic E-state index is 0.0509. The van der Waals surface area contributed by atoms with E-state index in [0.717, 1.165) is 112 Å². The molecule has 5 heterocycles. The van der Waals surface area contributed by atoms with Crippen LogP contribution in [0.15, 0.2) is 133 Å². The summed E-state index contributed by atoms with van der Waals surface area (Å²) in [5, 5.41) is 6.41. The standard InChI is InChI=1S/C61H68FN7O4/c62-47-23-29-50(30-24-47)66(39-41-19-25-48(26-20-41)63-57(70)52-37-45-17-12-18-51(45)68(52)59(72)54(43-13-4-1-5-14-43)65-34-9-3-10-35-65)40-42-21-27-49(28-22-42)64-58(71)53-38-46-31-33-61-32-8-11-36-67(61)55(44-15-6-2-7-16-44)60(73)69(53)56(46)61/h1-2,4-7,13-16,19-30,45-46,51-56H,3,8-12,17-18,31-40H2,(H,63,70)(H,64,71)/t45-,46-,51-,52-,53-,54+,55+,56+,61?/m0/s1. The summed E-state index contributed by atoms with van der Waals surface area (Å²) in [6, 6.07) is 40.9. The van der Waals surface area contributed by atoms with Crippen molar-refractivity contribution in [2.24, 2.45) is 11.8 Å². The Balaban J connectivity index is 0.720. The van der Waals surface area contributed by atoms with Crippen LogP contribution in [-0.4, -0.2) is 92.6 Å². The van der Waals surface area contributed by atoms with Crippen molar-refractivity contribution in [2.45, 2.75) is 138 Å². The molecule has 5 aromatic rings. The van der Waals surface area contributed by atoms with Crippen LogP contribution in [0.4, 0.5) is 21.5 Å². The first kappa shape index (κ1) is 47.6. The summed E-state index contributed by atoms with van der Waals surface area (Å²) in [5.74, 6) is 0.168. The van der Waals surface area contributed by atoms with Crippen molar-refractivity contribution in [1.82, 2.24) is 19.6 Å². The number of hydrogen-bond donors (Lipinski definition) is 2. The second-order valence-corrected chi connectivity index (χ2v) is 22.2. The zero-order valence-corrected chi connectivity index (χ0v) is 41.8. The van der Waals surface area contributed by atoms with E-state index < -0.39 is 18.1 Å². The molecule has 2 aliphatic carbocycles. The Morgan fingerprint density at radius 2 is 1.25 bits per heavy atom. The minimum Gasteiger partial charge on any atom is -0.363 e. The Hall–Kier alpha value is -6.37. The lowest BCUT2D eigenvalue weighted by molar-refractivity contribution is -0.165. The second-order valence-electron chi connectivity index (χ2n) is 22.2. The smallest absolute Gasteiger partial charge is 0.247 e. The van der Waals surface area contributed by atoms with Crippen molar-refractivity contribution in [3.8, 4) is 0 Å². The Morgan fingerprint density at radius 3 is 1.92 bits per heavy atom. The lowest BCUT2D eigenvalue weighted by Crippen LogP contribution is -2.70. The van der Waals surface area contributed by atoms with E-state index in [9.17, 15) is 23.6 Å². The van der Waals surface area contributed by atoms with Gasteiger partial charge in [-0.15, -0.1) is 0 Å². The number of piperidine rings is 2. The Kier molecular flexibility index (Phi) is 13.1. The summed E-state index contributed by atoms with van der Waals surface area (Å²) in [6.45, 7) is 3.70. The van der Waals surface area contributed by atoms with Crippen molar-refractivity contribution in [2.75, 3.05) is 35.2 Å². The third-order valence-electron chi connectivity index (χ3n) is 18.0. The summed E-state index contributed by atoms with van der Waals surface area (Å²) in [4.78, 5) is 69.2. The highest BCUT2D eigenvalue weighted by Gasteiger charge is 2.67. The van der Waals surface area contributed by atoms with E-state index in [1.807, 2.05) is 94.7 Å². The molecule has 0 bridgehead atoms. The quantitative estimate of drug-likeness (QED) is 0.121. The van der Waals surface area contributed by atoms with Gasteiger partial charge in [0, 0.05) is 41.7 Å². The van der Waals surface area contributed by atoms with Crippen LogP contribution in [0.2, 0.25) is 0 Å². The van der Waals surface area contributed by atoms with E-state index in [1.54, 1.807) is 12.1 Å². The van der Waals surface area contributed by atoms with E-state index in [-0.39, 0.29) is 53.1 Å². The molecule has 0 aromatic heterocycles. The Labute approximate surface area is 429 Å². The fraction of sp³-hybridized carbons (Fsp3) is 0.443. The normalized spacial score (nSPS) is 28.0. The van der Waals surface area contributed by atoms with Crippen molar-refractivity contribution < 1.29 is 23.6 Å². The largest absolute Gasteiger partial charge is 0.363 e. The first-order valence-corrected chi connectivity index (χ1v) is 27.3. The fourth-order valence-electron chi connectivity index (χ4n) is 14.8. The second kappa shape index (κ2) is 20.2. The number of halogens is 1. The van der Waals surface area contributed by atoms with Crippen LogP contribution >= 0.6 is 0 Å². The van der Waals surface area contributed by atoms with Crippen LogP contribution in [0, 0.1) is 17.7 Å². The highest BCUT2D eigenvalue weighted by molar-refractivity contribution is 6.00. The van der Waals surface area contributed by atoms with Crippen LogP contribution in [0.3, 0.4) is 0 Å². The number of anilines is 3. The molecule has 1 spiro atoms. The zero-order chi connectivity index (χ0) is 49.6. The highest BCUT2D eigenvalue weighted by atomic mass is 19.1. The molecule has 378 valence electrons. The number of benzene rings is 5. The molecule has 73 heavy (non-hydrogen) atoms. The van der Waals surface area contributed by atoms with Crippen LogP contribution in [-0.2, 0) is 32.3 Å². The van der Waals surface area contributed by atoms with Crippen molar-refractivity contribution in [3.63, 3.8) is 0 Å². The number of amides is 4. The van der Waals surface area contributed by atoms with E-state index in [4.69, 9.17) is 0 Å². The van der Waals surface area contributed by atoms with Gasteiger partial charge in [-0.3, -0.25) is 29.0 Å². The molecule has 5 aliphatic heterocycles. The number of likely N-dealkylation sites (tertiary alicyclic amines) is 2. The molecule has 11 nitrogen and oxygen atoms in total. The number of rotatable bonds is 13. The van der Waals surface area contributed by atoms with Gasteiger partial charge in [0.05, 0.1) is 6.04 Å². The Morgan fingerprint density at radius 1 is 0.630 bits per heavy atom. The van der Waals surface area contributed by atoms with Crippen molar-refractivity contribution >= 4 is 40.7 Å². The average molecular weight is 982 g/mol. The maximum Gasteiger partial charge on any atom is 0.247 e. The lowest BCUT2D eigenvalue weighted by atomic mass is 9.76. The van der Waals surface area contributed by atoms with E-state index in [1.165, 1.54) is 18.6 Å². The van der Waals surface area contributed by atoms with E-state index in [2.05, 4.69) is 49.6 Å². The molecule has 5 aromatic carbocycles. The zero-order valence-electron chi connectivity index (χ0n) is 41.8. The minimum atomic E-state index is -0.536. The number of fused-ring (bicyclic) bond motifs is 1. The maximum absolute atomic E-state index is 14.9. The molecule has 7 fully saturated rings. The Bertz CT molecular complexity index is 2790. The summed E-state index contributed by atoms with van der Waals surface area (Å²) in [5.41, 5.74) is 6.15. The number of nitrogens with one attached hydrogen (secondary N) is 2. The number of piperazine rings is 1. The molecular weight excluding hydrogens is 914 g/mol. The van der Waals surface area contributed by atoms with Gasteiger partial charge in [-0.1, -0.05) is 104 Å². The summed E-state index contributed by atoms with van der Waals surface area (Å²) < 4.78 is 14.3.